The number of rotatable bonds is 2. The van der Waals surface area contributed by atoms with E-state index in [4.69, 9.17) is 5.73 Å². The molecule has 0 radical (unpaired) electrons. The predicted octanol–water partition coefficient (Wildman–Crippen LogP) is 3.04. The van der Waals surface area contributed by atoms with Gasteiger partial charge < -0.3 is 10.3 Å². The van der Waals surface area contributed by atoms with Gasteiger partial charge in [0.2, 0.25) is 0 Å². The monoisotopic (exact) mass is 206 g/mol. The first-order valence-corrected chi connectivity index (χ1v) is 6.06. The van der Waals surface area contributed by atoms with Crippen molar-refractivity contribution in [2.75, 3.05) is 0 Å². The molecule has 2 atom stereocenters. The molecular weight excluding hydrogens is 184 g/mol. The Balaban J connectivity index is 2.34. The molecule has 0 aliphatic heterocycles. The molecule has 0 saturated heterocycles. The lowest BCUT2D eigenvalue weighted by Crippen LogP contribution is -2.20. The van der Waals surface area contributed by atoms with Gasteiger partial charge in [0.15, 0.2) is 0 Å². The average molecular weight is 206 g/mol. The zero-order valence-electron chi connectivity index (χ0n) is 10.0. The van der Waals surface area contributed by atoms with Crippen molar-refractivity contribution in [1.82, 2.24) is 4.57 Å². The lowest BCUT2D eigenvalue weighted by Gasteiger charge is -2.25. The summed E-state index contributed by atoms with van der Waals surface area (Å²) in [7, 11) is 0. The van der Waals surface area contributed by atoms with Gasteiger partial charge in [-0.25, -0.2) is 0 Å². The molecule has 1 aromatic heterocycles. The Morgan fingerprint density at radius 1 is 1.40 bits per heavy atom. The van der Waals surface area contributed by atoms with Crippen LogP contribution in [0.5, 0.6) is 0 Å². The smallest absolute Gasteiger partial charge is 0.0328 e. The average Bonchev–Trinajstić information content (AvgIpc) is 2.61. The van der Waals surface area contributed by atoms with Crippen molar-refractivity contribution in [3.8, 4) is 0 Å². The van der Waals surface area contributed by atoms with Gasteiger partial charge in [-0.1, -0.05) is 13.8 Å². The number of hydrogen-bond acceptors (Lipinski definition) is 1. The third kappa shape index (κ3) is 1.83. The lowest BCUT2D eigenvalue weighted by atomic mass is 9.93. The van der Waals surface area contributed by atoms with Crippen LogP contribution >= 0.6 is 0 Å². The van der Waals surface area contributed by atoms with Gasteiger partial charge in [-0.2, -0.15) is 0 Å². The first kappa shape index (κ1) is 10.7. The van der Waals surface area contributed by atoms with Crippen molar-refractivity contribution in [1.29, 1.82) is 0 Å². The topological polar surface area (TPSA) is 30.9 Å². The molecule has 0 aromatic carbocycles. The quantitative estimate of drug-likeness (QED) is 0.792. The zero-order valence-corrected chi connectivity index (χ0v) is 10.0. The molecule has 0 saturated carbocycles. The molecule has 1 aliphatic rings. The highest BCUT2D eigenvalue weighted by molar-refractivity contribution is 5.28. The summed E-state index contributed by atoms with van der Waals surface area (Å²) in [6, 6.07) is 3.08. The second-order valence-corrected chi connectivity index (χ2v) is 5.11. The molecule has 1 heterocycles. The van der Waals surface area contributed by atoms with Crippen molar-refractivity contribution in [3.63, 3.8) is 0 Å². The second-order valence-electron chi connectivity index (χ2n) is 5.11. The minimum atomic E-state index is 0.273. The fourth-order valence-electron chi connectivity index (χ4n) is 2.45. The Morgan fingerprint density at radius 3 is 2.80 bits per heavy atom. The molecule has 2 N–H and O–H groups in total. The summed E-state index contributed by atoms with van der Waals surface area (Å²) in [6.07, 6.45) is 5.81. The first-order valence-electron chi connectivity index (χ1n) is 6.06. The Kier molecular flexibility index (Phi) is 2.87. The summed E-state index contributed by atoms with van der Waals surface area (Å²) in [5.74, 6) is 0.680. The van der Waals surface area contributed by atoms with Crippen LogP contribution in [0.1, 0.15) is 57.0 Å². The molecule has 1 aliphatic carbocycles. The molecule has 2 nitrogen and oxygen atoms in total. The molecule has 15 heavy (non-hydrogen) atoms. The number of nitrogens with two attached hydrogens (primary N) is 1. The lowest BCUT2D eigenvalue weighted by molar-refractivity contribution is 0.391. The maximum atomic E-state index is 6.12. The van der Waals surface area contributed by atoms with Gasteiger partial charge in [-0.3, -0.25) is 0 Å². The highest BCUT2D eigenvalue weighted by Crippen LogP contribution is 2.32. The summed E-state index contributed by atoms with van der Waals surface area (Å²) < 4.78 is 2.43. The maximum Gasteiger partial charge on any atom is 0.0328 e. The summed E-state index contributed by atoms with van der Waals surface area (Å²) in [4.78, 5) is 0. The Labute approximate surface area is 92.5 Å². The summed E-state index contributed by atoms with van der Waals surface area (Å²) >= 11 is 0. The minimum absolute atomic E-state index is 0.273. The predicted molar refractivity (Wildman–Crippen MR) is 63.8 cm³/mol. The van der Waals surface area contributed by atoms with Gasteiger partial charge in [0, 0.05) is 24.0 Å². The molecule has 1 aromatic rings. The third-order valence-corrected chi connectivity index (χ3v) is 3.79. The van der Waals surface area contributed by atoms with E-state index in [1.54, 1.807) is 0 Å². The largest absolute Gasteiger partial charge is 0.348 e. The minimum Gasteiger partial charge on any atom is -0.348 e. The van der Waals surface area contributed by atoms with E-state index in [1.807, 2.05) is 0 Å². The van der Waals surface area contributed by atoms with E-state index in [0.29, 0.717) is 12.0 Å². The third-order valence-electron chi connectivity index (χ3n) is 3.79. The fraction of sp³-hybridized carbons (Fsp3) is 0.692. The van der Waals surface area contributed by atoms with Crippen LogP contribution in [0.4, 0.5) is 0 Å². The van der Waals surface area contributed by atoms with E-state index in [9.17, 15) is 0 Å². The van der Waals surface area contributed by atoms with E-state index in [0.717, 1.165) is 6.42 Å². The molecule has 2 heteroatoms. The van der Waals surface area contributed by atoms with Gasteiger partial charge >= 0.3 is 0 Å². The number of nitrogens with zero attached hydrogens (tertiary/aromatic N) is 1. The fourth-order valence-corrected chi connectivity index (χ4v) is 2.45. The van der Waals surface area contributed by atoms with E-state index >= 15 is 0 Å². The van der Waals surface area contributed by atoms with Crippen LogP contribution in [0.15, 0.2) is 12.3 Å². The summed E-state index contributed by atoms with van der Waals surface area (Å²) in [5, 5.41) is 0. The van der Waals surface area contributed by atoms with Crippen molar-refractivity contribution >= 4 is 0 Å². The highest BCUT2D eigenvalue weighted by Gasteiger charge is 2.22. The Bertz CT molecular complexity index is 338. The van der Waals surface area contributed by atoms with Crippen molar-refractivity contribution in [2.24, 2.45) is 11.7 Å². The molecule has 84 valence electrons. The molecule has 2 rings (SSSR count). The standard InChI is InChI=1S/C13H22N2/c1-9(2)10(3)15-8-7-11-12(14)5-4-6-13(11)15/h7-10,12H,4-6,14H2,1-3H3. The molecule has 0 spiro atoms. The van der Waals surface area contributed by atoms with E-state index in [2.05, 4.69) is 37.6 Å². The number of fused-ring (bicyclic) bond motifs is 1. The number of hydrogen-bond donors (Lipinski definition) is 1. The molecule has 0 bridgehead atoms. The van der Waals surface area contributed by atoms with Crippen LogP contribution in [0.25, 0.3) is 0 Å². The first-order chi connectivity index (χ1) is 7.11. The van der Waals surface area contributed by atoms with E-state index in [-0.39, 0.29) is 6.04 Å². The second kappa shape index (κ2) is 4.01. The Morgan fingerprint density at radius 2 is 2.13 bits per heavy atom. The number of aromatic nitrogens is 1. The van der Waals surface area contributed by atoms with Crippen LogP contribution in [-0.2, 0) is 6.42 Å². The van der Waals surface area contributed by atoms with Crippen molar-refractivity contribution < 1.29 is 0 Å². The van der Waals surface area contributed by atoms with Gasteiger partial charge in [0.1, 0.15) is 0 Å². The van der Waals surface area contributed by atoms with E-state index in [1.165, 1.54) is 24.1 Å². The maximum absolute atomic E-state index is 6.12. The SMILES string of the molecule is CC(C)C(C)n1ccc2c1CCCC2N. The van der Waals surface area contributed by atoms with Gasteiger partial charge in [0.25, 0.3) is 0 Å². The van der Waals surface area contributed by atoms with E-state index < -0.39 is 0 Å². The summed E-state index contributed by atoms with van der Waals surface area (Å²) in [5.41, 5.74) is 8.99. The van der Waals surface area contributed by atoms with Crippen LogP contribution in [-0.4, -0.2) is 4.57 Å². The zero-order chi connectivity index (χ0) is 11.0. The van der Waals surface area contributed by atoms with Gasteiger partial charge in [-0.05, 0) is 43.7 Å². The molecular formula is C13H22N2. The molecule has 2 unspecified atom stereocenters. The highest BCUT2D eigenvalue weighted by atomic mass is 15.0. The summed E-state index contributed by atoms with van der Waals surface area (Å²) in [6.45, 7) is 6.85. The van der Waals surface area contributed by atoms with Crippen LogP contribution in [0.2, 0.25) is 0 Å². The van der Waals surface area contributed by atoms with Crippen LogP contribution in [0, 0.1) is 5.92 Å². The van der Waals surface area contributed by atoms with Crippen LogP contribution < -0.4 is 5.73 Å². The molecule has 0 fully saturated rings. The van der Waals surface area contributed by atoms with Crippen LogP contribution in [0.3, 0.4) is 0 Å². The van der Waals surface area contributed by atoms with Gasteiger partial charge in [0.05, 0.1) is 0 Å². The van der Waals surface area contributed by atoms with Gasteiger partial charge in [-0.15, -0.1) is 0 Å². The van der Waals surface area contributed by atoms with Crippen molar-refractivity contribution in [2.45, 2.75) is 52.1 Å². The molecule has 0 amide bonds. The normalized spacial score (nSPS) is 22.9. The Hall–Kier alpha value is -0.760. The van der Waals surface area contributed by atoms with Crippen molar-refractivity contribution in [3.05, 3.63) is 23.5 Å².